The van der Waals surface area contributed by atoms with Gasteiger partial charge in [-0.3, -0.25) is 39.0 Å². The van der Waals surface area contributed by atoms with Crippen LogP contribution in [-0.2, 0) is 38.1 Å². The summed E-state index contributed by atoms with van der Waals surface area (Å²) < 4.78 is 39.4. The predicted molar refractivity (Wildman–Crippen MR) is 269 cm³/mol. The van der Waals surface area contributed by atoms with Gasteiger partial charge in [0.2, 0.25) is 29.6 Å². The SMILES string of the molecule is CC(=O)N1CCN(c2nc(NCCC(=O)N(C)CCOCCOCCOCCOCCNc3cccc4c3C(=O)N(C3CCC(=O)NC3=O)C4=O)nc3c(F)c(-c4cc(O)cc5ccccc45)c(Cl)cc23)CC1. The van der Waals surface area contributed by atoms with E-state index in [1.54, 1.807) is 41.1 Å². The van der Waals surface area contributed by atoms with E-state index in [0.717, 1.165) is 4.90 Å². The lowest BCUT2D eigenvalue weighted by atomic mass is 9.96. The van der Waals surface area contributed by atoms with Crippen LogP contribution in [0.15, 0.2) is 60.7 Å². The average Bonchev–Trinajstić information content (AvgIpc) is 3.63. The van der Waals surface area contributed by atoms with Crippen LogP contribution < -0.4 is 20.9 Å². The van der Waals surface area contributed by atoms with Crippen LogP contribution >= 0.6 is 11.6 Å². The number of rotatable bonds is 23. The maximum atomic E-state index is 16.9. The monoisotopic (exact) mass is 1030 g/mol. The summed E-state index contributed by atoms with van der Waals surface area (Å²) in [7, 11) is 1.68. The molecule has 386 valence electrons. The molecule has 0 saturated carbocycles. The number of carbonyl (C=O) groups excluding carboxylic acids is 6. The number of imide groups is 2. The Morgan fingerprint density at radius 2 is 1.51 bits per heavy atom. The Balaban J connectivity index is 0.721. The highest BCUT2D eigenvalue weighted by molar-refractivity contribution is 6.35. The fourth-order valence-electron chi connectivity index (χ4n) is 8.96. The Morgan fingerprint density at radius 1 is 0.808 bits per heavy atom. The van der Waals surface area contributed by atoms with E-state index in [4.69, 9.17) is 35.5 Å². The number of piperidine rings is 1. The number of fused-ring (bicyclic) bond motifs is 3. The zero-order chi connectivity index (χ0) is 51.6. The number of ether oxygens (including phenoxy) is 4. The van der Waals surface area contributed by atoms with Gasteiger partial charge < -0.3 is 49.4 Å². The highest BCUT2D eigenvalue weighted by Gasteiger charge is 2.45. The largest absolute Gasteiger partial charge is 0.508 e. The lowest BCUT2D eigenvalue weighted by molar-refractivity contribution is -0.136. The van der Waals surface area contributed by atoms with Crippen LogP contribution in [-0.4, -0.2) is 177 Å². The Morgan fingerprint density at radius 3 is 2.22 bits per heavy atom. The lowest BCUT2D eigenvalue weighted by Gasteiger charge is -2.35. The van der Waals surface area contributed by atoms with Gasteiger partial charge in [0.15, 0.2) is 5.82 Å². The first-order valence-corrected chi connectivity index (χ1v) is 24.5. The molecule has 5 aromatic rings. The summed E-state index contributed by atoms with van der Waals surface area (Å²) in [5.74, 6) is -2.63. The Kier molecular flexibility index (Phi) is 17.3. The van der Waals surface area contributed by atoms with E-state index in [1.807, 2.05) is 29.2 Å². The molecule has 0 spiro atoms. The van der Waals surface area contributed by atoms with Crippen molar-refractivity contribution >= 4 is 86.2 Å². The molecule has 2 saturated heterocycles. The van der Waals surface area contributed by atoms with Gasteiger partial charge in [0, 0.05) is 89.3 Å². The van der Waals surface area contributed by atoms with Gasteiger partial charge in [-0.25, -0.2) is 9.37 Å². The molecule has 1 atom stereocenters. The van der Waals surface area contributed by atoms with Gasteiger partial charge in [-0.1, -0.05) is 41.9 Å². The number of anilines is 3. The van der Waals surface area contributed by atoms with Crippen LogP contribution in [0, 0.1) is 5.82 Å². The summed E-state index contributed by atoms with van der Waals surface area (Å²) in [6, 6.07) is 15.8. The third kappa shape index (κ3) is 12.3. The number of amides is 6. The number of hydrogen-bond acceptors (Lipinski definition) is 16. The van der Waals surface area contributed by atoms with Gasteiger partial charge in [-0.05, 0) is 53.1 Å². The number of halogens is 2. The molecular formula is C51H57ClFN9O11. The second kappa shape index (κ2) is 24.1. The fraction of sp³-hybridized carbons (Fsp3) is 0.412. The van der Waals surface area contributed by atoms with E-state index in [2.05, 4.69) is 20.9 Å². The summed E-state index contributed by atoms with van der Waals surface area (Å²) in [4.78, 5) is 91.0. The predicted octanol–water partition coefficient (Wildman–Crippen LogP) is 4.46. The Hall–Kier alpha value is -7.04. The summed E-state index contributed by atoms with van der Waals surface area (Å²) >= 11 is 6.86. The molecule has 3 aliphatic rings. The topological polar surface area (TPSA) is 234 Å². The maximum Gasteiger partial charge on any atom is 0.264 e. The fourth-order valence-corrected chi connectivity index (χ4v) is 9.26. The van der Waals surface area contributed by atoms with Crippen molar-refractivity contribution in [2.45, 2.75) is 32.2 Å². The molecule has 4 aromatic carbocycles. The maximum absolute atomic E-state index is 16.9. The van der Waals surface area contributed by atoms with Crippen molar-refractivity contribution in [3.05, 3.63) is 82.6 Å². The number of nitrogens with zero attached hydrogens (tertiary/aromatic N) is 6. The van der Waals surface area contributed by atoms with E-state index in [0.29, 0.717) is 119 Å². The molecule has 0 aliphatic carbocycles. The van der Waals surface area contributed by atoms with E-state index in [9.17, 15) is 33.9 Å². The average molecular weight is 1030 g/mol. The van der Waals surface area contributed by atoms with E-state index < -0.39 is 35.5 Å². The van der Waals surface area contributed by atoms with Crippen molar-refractivity contribution in [3.8, 4) is 16.9 Å². The summed E-state index contributed by atoms with van der Waals surface area (Å²) in [6.45, 7) is 6.72. The molecule has 1 aromatic heterocycles. The van der Waals surface area contributed by atoms with Gasteiger partial charge in [-0.2, -0.15) is 4.98 Å². The molecular weight excluding hydrogens is 969 g/mol. The van der Waals surface area contributed by atoms with Crippen LogP contribution in [0.5, 0.6) is 5.75 Å². The van der Waals surface area contributed by atoms with Crippen LogP contribution in [0.3, 0.4) is 0 Å². The number of nitrogens with one attached hydrogen (secondary N) is 3. The van der Waals surface area contributed by atoms with E-state index in [1.165, 1.54) is 19.1 Å². The molecule has 1 unspecified atom stereocenters. The van der Waals surface area contributed by atoms with Crippen LogP contribution in [0.4, 0.5) is 21.8 Å². The molecule has 4 heterocycles. The molecule has 22 heteroatoms. The van der Waals surface area contributed by atoms with Gasteiger partial charge in [-0.15, -0.1) is 0 Å². The normalized spacial score (nSPS) is 15.8. The quantitative estimate of drug-likeness (QED) is 0.0523. The standard InChI is InChI=1S/C51H57ClFN9O11/c1-31(63)60-15-17-61(18-16-60)47-37-30-38(52)43(36-29-33(64)28-32-6-3-4-7-34(32)36)45(53)46(37)57-51(58-47)55-13-12-42(66)59(2)19-21-71-23-25-73-27-26-72-24-22-70-20-14-54-39-9-5-8-35-44(39)50(69)62(49(35)68)40-10-11-41(65)56-48(40)67/h3-9,28-30,40,54,64H,10-27H2,1-2H3,(H,55,57,58)(H,56,65,67). The lowest BCUT2D eigenvalue weighted by Crippen LogP contribution is -2.54. The number of piperazine rings is 1. The van der Waals surface area contributed by atoms with Crippen molar-refractivity contribution < 1.29 is 57.2 Å². The van der Waals surface area contributed by atoms with Gasteiger partial charge >= 0.3 is 0 Å². The molecule has 73 heavy (non-hydrogen) atoms. The first-order valence-electron chi connectivity index (χ1n) is 24.1. The van der Waals surface area contributed by atoms with Gasteiger partial charge in [0.05, 0.1) is 69.0 Å². The summed E-state index contributed by atoms with van der Waals surface area (Å²) in [5.41, 5.74) is 1.32. The van der Waals surface area contributed by atoms with Crippen LogP contribution in [0.2, 0.25) is 5.02 Å². The third-order valence-electron chi connectivity index (χ3n) is 12.8. The van der Waals surface area contributed by atoms with Crippen LogP contribution in [0.25, 0.3) is 32.8 Å². The number of aromatic nitrogens is 2. The molecule has 3 aliphatic heterocycles. The number of hydrogen-bond donors (Lipinski definition) is 4. The minimum atomic E-state index is -1.04. The molecule has 0 bridgehead atoms. The summed E-state index contributed by atoms with van der Waals surface area (Å²) in [5, 5.41) is 20.9. The highest BCUT2D eigenvalue weighted by atomic mass is 35.5. The Bertz CT molecular complexity index is 2900. The zero-order valence-corrected chi connectivity index (χ0v) is 41.3. The molecule has 20 nitrogen and oxygen atoms in total. The van der Waals surface area contributed by atoms with E-state index in [-0.39, 0.29) is 83.2 Å². The van der Waals surface area contributed by atoms with E-state index >= 15 is 4.39 Å². The third-order valence-corrected chi connectivity index (χ3v) is 13.1. The number of carbonyl (C=O) groups is 6. The molecule has 0 radical (unpaired) electrons. The second-order valence-corrected chi connectivity index (χ2v) is 18.0. The smallest absolute Gasteiger partial charge is 0.264 e. The minimum Gasteiger partial charge on any atom is -0.508 e. The van der Waals surface area contributed by atoms with Crippen molar-refractivity contribution in [2.75, 3.05) is 121 Å². The first-order chi connectivity index (χ1) is 35.3. The second-order valence-electron chi connectivity index (χ2n) is 17.6. The number of likely N-dealkylation sites (N-methyl/N-ethyl adjacent to an activating group) is 1. The highest BCUT2D eigenvalue weighted by Crippen LogP contribution is 2.42. The minimum absolute atomic E-state index is 0.0110. The first kappa shape index (κ1) is 52.3. The molecule has 8 rings (SSSR count). The van der Waals surface area contributed by atoms with Crippen LogP contribution in [0.1, 0.15) is 46.9 Å². The number of phenols is 1. The van der Waals surface area contributed by atoms with Gasteiger partial charge in [0.1, 0.15) is 23.1 Å². The number of phenolic OH excluding ortho intramolecular Hbond substituents is 1. The Labute approximate surface area is 425 Å². The number of benzene rings is 4. The molecule has 4 N–H and O–H groups in total. The van der Waals surface area contributed by atoms with Crippen molar-refractivity contribution in [1.29, 1.82) is 0 Å². The van der Waals surface area contributed by atoms with Crippen molar-refractivity contribution in [3.63, 3.8) is 0 Å². The molecule has 6 amide bonds. The zero-order valence-electron chi connectivity index (χ0n) is 40.5. The molecule has 2 fully saturated rings. The summed E-state index contributed by atoms with van der Waals surface area (Å²) in [6.07, 6.45) is 0.214. The van der Waals surface area contributed by atoms with Crippen molar-refractivity contribution in [2.24, 2.45) is 0 Å². The number of aromatic hydroxyl groups is 1. The van der Waals surface area contributed by atoms with Gasteiger partial charge in [0.25, 0.3) is 11.8 Å². The van der Waals surface area contributed by atoms with Crippen molar-refractivity contribution in [1.82, 2.24) is 30.0 Å².